The van der Waals surface area contributed by atoms with Gasteiger partial charge in [-0.2, -0.15) is 0 Å². The number of nitrogens with one attached hydrogen (secondary N) is 1. The standard InChI is InChI=1S/C17H20BrN3O5S2/c1-20(2)27(23,24)15-8-6-5-7-14(15)19-17(22)12-9-10-13(18)16(11-12)28(25,26)21(3)4/h5-11H,1-4H3,(H,19,22). The third-order valence-electron chi connectivity index (χ3n) is 3.85. The molecule has 11 heteroatoms. The predicted molar refractivity (Wildman–Crippen MR) is 110 cm³/mol. The van der Waals surface area contributed by atoms with Crippen molar-refractivity contribution in [1.82, 2.24) is 8.61 Å². The number of halogens is 1. The lowest BCUT2D eigenvalue weighted by molar-refractivity contribution is 0.102. The molecule has 0 bridgehead atoms. The van der Waals surface area contributed by atoms with Crippen LogP contribution in [-0.4, -0.2) is 59.5 Å². The Bertz CT molecular complexity index is 1110. The summed E-state index contributed by atoms with van der Waals surface area (Å²) in [7, 11) is -2.00. The number of carbonyl (C=O) groups is 1. The Morgan fingerprint density at radius 3 is 1.96 bits per heavy atom. The van der Waals surface area contributed by atoms with Crippen molar-refractivity contribution in [2.75, 3.05) is 33.5 Å². The first kappa shape index (κ1) is 22.5. The van der Waals surface area contributed by atoms with E-state index in [0.717, 1.165) is 8.61 Å². The smallest absolute Gasteiger partial charge is 0.255 e. The molecule has 0 aliphatic heterocycles. The van der Waals surface area contributed by atoms with Crippen LogP contribution in [0.4, 0.5) is 5.69 Å². The highest BCUT2D eigenvalue weighted by Crippen LogP contribution is 2.27. The van der Waals surface area contributed by atoms with Crippen molar-refractivity contribution >= 4 is 47.6 Å². The van der Waals surface area contributed by atoms with Crippen molar-refractivity contribution in [1.29, 1.82) is 0 Å². The van der Waals surface area contributed by atoms with Gasteiger partial charge in [0, 0.05) is 38.2 Å². The Kier molecular flexibility index (Phi) is 6.66. The molecule has 2 aromatic carbocycles. The summed E-state index contributed by atoms with van der Waals surface area (Å²) in [6.07, 6.45) is 0. The first-order chi connectivity index (χ1) is 12.9. The average molecular weight is 490 g/mol. The number of benzene rings is 2. The molecule has 28 heavy (non-hydrogen) atoms. The molecule has 0 saturated heterocycles. The van der Waals surface area contributed by atoms with Crippen molar-refractivity contribution < 1.29 is 21.6 Å². The zero-order valence-corrected chi connectivity index (χ0v) is 18.9. The lowest BCUT2D eigenvalue weighted by Gasteiger charge is -2.16. The summed E-state index contributed by atoms with van der Waals surface area (Å²) in [4.78, 5) is 12.5. The maximum absolute atomic E-state index is 12.7. The van der Waals surface area contributed by atoms with Gasteiger partial charge in [0.15, 0.2) is 0 Å². The summed E-state index contributed by atoms with van der Waals surface area (Å²) >= 11 is 3.18. The second kappa shape index (κ2) is 8.29. The normalized spacial score (nSPS) is 12.4. The van der Waals surface area contributed by atoms with E-state index in [1.54, 1.807) is 12.1 Å². The number of para-hydroxylation sites is 1. The lowest BCUT2D eigenvalue weighted by Crippen LogP contribution is -2.25. The van der Waals surface area contributed by atoms with Gasteiger partial charge in [-0.05, 0) is 46.3 Å². The summed E-state index contributed by atoms with van der Waals surface area (Å²) < 4.78 is 52.2. The first-order valence-electron chi connectivity index (χ1n) is 7.94. The Morgan fingerprint density at radius 1 is 0.857 bits per heavy atom. The topological polar surface area (TPSA) is 104 Å². The number of anilines is 1. The fourth-order valence-electron chi connectivity index (χ4n) is 2.23. The summed E-state index contributed by atoms with van der Waals surface area (Å²) in [6.45, 7) is 0. The van der Waals surface area contributed by atoms with E-state index in [1.165, 1.54) is 58.5 Å². The molecule has 0 unspecified atom stereocenters. The van der Waals surface area contributed by atoms with Gasteiger partial charge >= 0.3 is 0 Å². The largest absolute Gasteiger partial charge is 0.321 e. The van der Waals surface area contributed by atoms with Gasteiger partial charge in [0.25, 0.3) is 5.91 Å². The van der Waals surface area contributed by atoms with Gasteiger partial charge in [-0.3, -0.25) is 4.79 Å². The van der Waals surface area contributed by atoms with E-state index in [4.69, 9.17) is 0 Å². The Balaban J connectivity index is 2.46. The van der Waals surface area contributed by atoms with Crippen LogP contribution < -0.4 is 5.32 Å². The first-order valence-corrected chi connectivity index (χ1v) is 11.6. The van der Waals surface area contributed by atoms with Crippen LogP contribution in [0.25, 0.3) is 0 Å². The number of nitrogens with zero attached hydrogens (tertiary/aromatic N) is 2. The van der Waals surface area contributed by atoms with Gasteiger partial charge in [-0.1, -0.05) is 12.1 Å². The van der Waals surface area contributed by atoms with Gasteiger partial charge < -0.3 is 5.32 Å². The van der Waals surface area contributed by atoms with E-state index < -0.39 is 26.0 Å². The molecule has 152 valence electrons. The lowest BCUT2D eigenvalue weighted by atomic mass is 10.2. The molecular formula is C17H20BrN3O5S2. The second-order valence-corrected chi connectivity index (χ2v) is 11.3. The number of hydrogen-bond acceptors (Lipinski definition) is 5. The molecule has 8 nitrogen and oxygen atoms in total. The summed E-state index contributed by atoms with van der Waals surface area (Å²) in [5.74, 6) is -0.635. The van der Waals surface area contributed by atoms with Gasteiger partial charge in [0.1, 0.15) is 4.90 Å². The summed E-state index contributed by atoms with van der Waals surface area (Å²) in [5.41, 5.74) is 0.168. The number of carbonyl (C=O) groups excluding carboxylic acids is 1. The average Bonchev–Trinajstić information content (AvgIpc) is 2.61. The highest BCUT2D eigenvalue weighted by Gasteiger charge is 2.24. The molecule has 2 rings (SSSR count). The molecule has 0 radical (unpaired) electrons. The van der Waals surface area contributed by atoms with Crippen molar-refractivity contribution in [3.63, 3.8) is 0 Å². The van der Waals surface area contributed by atoms with Crippen LogP contribution in [0.1, 0.15) is 10.4 Å². The number of sulfonamides is 2. The van der Waals surface area contributed by atoms with Crippen molar-refractivity contribution in [2.24, 2.45) is 0 Å². The van der Waals surface area contributed by atoms with Crippen LogP contribution in [0.3, 0.4) is 0 Å². The molecule has 1 amide bonds. The minimum atomic E-state index is -3.78. The van der Waals surface area contributed by atoms with E-state index in [-0.39, 0.29) is 21.0 Å². The fourth-order valence-corrected chi connectivity index (χ4v) is 5.11. The van der Waals surface area contributed by atoms with Crippen LogP contribution in [0.5, 0.6) is 0 Å². The van der Waals surface area contributed by atoms with E-state index in [1.807, 2.05) is 0 Å². The molecule has 0 aliphatic carbocycles. The quantitative estimate of drug-likeness (QED) is 0.669. The van der Waals surface area contributed by atoms with E-state index in [0.29, 0.717) is 4.47 Å². The van der Waals surface area contributed by atoms with E-state index >= 15 is 0 Å². The highest BCUT2D eigenvalue weighted by molar-refractivity contribution is 9.10. The maximum atomic E-state index is 12.7. The maximum Gasteiger partial charge on any atom is 0.255 e. The number of hydrogen-bond donors (Lipinski definition) is 1. The molecule has 1 N–H and O–H groups in total. The van der Waals surface area contributed by atoms with Crippen molar-refractivity contribution in [3.05, 3.63) is 52.5 Å². The molecule has 0 atom stereocenters. The summed E-state index contributed by atoms with van der Waals surface area (Å²) in [6, 6.07) is 10.1. The minimum absolute atomic E-state index is 0.0633. The zero-order valence-electron chi connectivity index (χ0n) is 15.7. The van der Waals surface area contributed by atoms with E-state index in [2.05, 4.69) is 21.2 Å². The molecule has 0 aromatic heterocycles. The molecule has 0 aliphatic rings. The third-order valence-corrected chi connectivity index (χ3v) is 8.53. The Hall–Kier alpha value is -1.79. The van der Waals surface area contributed by atoms with Gasteiger partial charge in [0.05, 0.1) is 10.6 Å². The summed E-state index contributed by atoms with van der Waals surface area (Å²) in [5, 5.41) is 2.55. The fraction of sp³-hybridized carbons (Fsp3) is 0.235. The SMILES string of the molecule is CN(C)S(=O)(=O)c1cc(C(=O)Nc2ccccc2S(=O)(=O)N(C)C)ccc1Br. The molecule has 0 fully saturated rings. The van der Waals surface area contributed by atoms with Crippen LogP contribution in [-0.2, 0) is 20.0 Å². The second-order valence-electron chi connectivity index (χ2n) is 6.17. The third kappa shape index (κ3) is 4.44. The number of rotatable bonds is 6. The van der Waals surface area contributed by atoms with Crippen LogP contribution in [0.2, 0.25) is 0 Å². The predicted octanol–water partition coefficient (Wildman–Crippen LogP) is 2.20. The molecule has 0 saturated carbocycles. The molecule has 0 spiro atoms. The van der Waals surface area contributed by atoms with Crippen LogP contribution >= 0.6 is 15.9 Å². The van der Waals surface area contributed by atoms with Gasteiger partial charge in [-0.25, -0.2) is 25.4 Å². The molecule has 2 aromatic rings. The van der Waals surface area contributed by atoms with Crippen LogP contribution in [0, 0.1) is 0 Å². The Morgan fingerprint density at radius 2 is 1.39 bits per heavy atom. The monoisotopic (exact) mass is 489 g/mol. The Labute approximate surface area is 173 Å². The van der Waals surface area contributed by atoms with Crippen molar-refractivity contribution in [3.8, 4) is 0 Å². The van der Waals surface area contributed by atoms with Crippen molar-refractivity contribution in [2.45, 2.75) is 9.79 Å². The minimum Gasteiger partial charge on any atom is -0.321 e. The molecule has 0 heterocycles. The van der Waals surface area contributed by atoms with E-state index in [9.17, 15) is 21.6 Å². The van der Waals surface area contributed by atoms with Crippen LogP contribution in [0.15, 0.2) is 56.7 Å². The van der Waals surface area contributed by atoms with Gasteiger partial charge in [-0.15, -0.1) is 0 Å². The zero-order chi connectivity index (χ0) is 21.3. The van der Waals surface area contributed by atoms with Gasteiger partial charge in [0.2, 0.25) is 20.0 Å². The number of amides is 1. The molecular weight excluding hydrogens is 470 g/mol. The highest BCUT2D eigenvalue weighted by atomic mass is 79.9.